The van der Waals surface area contributed by atoms with E-state index in [2.05, 4.69) is 4.74 Å². The van der Waals surface area contributed by atoms with Crippen molar-refractivity contribution in [1.82, 2.24) is 0 Å². The molecule has 0 heterocycles. The van der Waals surface area contributed by atoms with Gasteiger partial charge in [0.2, 0.25) is 0 Å². The van der Waals surface area contributed by atoms with Crippen molar-refractivity contribution in [3.8, 4) is 11.5 Å². The first-order valence-electron chi connectivity index (χ1n) is 6.19. The molecule has 0 aromatic heterocycles. The van der Waals surface area contributed by atoms with Gasteiger partial charge in [0.15, 0.2) is 0 Å². The normalized spacial score (nSPS) is 17.6. The quantitative estimate of drug-likeness (QED) is 0.873. The van der Waals surface area contributed by atoms with Crippen LogP contribution in [0.2, 0.25) is 0 Å². The molecular formula is C13H17ClF3NO3. The minimum atomic E-state index is -4.77. The number of nitrogens with two attached hydrogens (primary N) is 1. The molecule has 1 aliphatic rings. The molecule has 0 radical (unpaired) electrons. The van der Waals surface area contributed by atoms with Crippen molar-refractivity contribution in [3.05, 3.63) is 23.8 Å². The molecule has 4 nitrogen and oxygen atoms in total. The molecule has 1 aromatic carbocycles. The smallest absolute Gasteiger partial charge is 0.496 e. The summed E-state index contributed by atoms with van der Waals surface area (Å²) < 4.78 is 45.6. The van der Waals surface area contributed by atoms with Crippen molar-refractivity contribution < 1.29 is 27.8 Å². The highest BCUT2D eigenvalue weighted by Gasteiger charge is 2.36. The molecule has 1 fully saturated rings. The molecule has 1 aliphatic carbocycles. The molecule has 0 saturated heterocycles. The molecule has 0 bridgehead atoms. The highest BCUT2D eigenvalue weighted by atomic mass is 35.5. The zero-order chi connectivity index (χ0) is 14.9. The van der Waals surface area contributed by atoms with E-state index in [0.29, 0.717) is 11.3 Å². The van der Waals surface area contributed by atoms with Crippen LogP contribution in [0.25, 0.3) is 0 Å². The number of aliphatic hydroxyl groups excluding tert-OH is 1. The summed E-state index contributed by atoms with van der Waals surface area (Å²) in [5, 5.41) is 10.0. The number of rotatable bonds is 5. The van der Waals surface area contributed by atoms with Crippen LogP contribution in [0.4, 0.5) is 13.2 Å². The number of hydrogen-bond donors (Lipinski definition) is 2. The average molecular weight is 328 g/mol. The third kappa shape index (κ3) is 4.66. The van der Waals surface area contributed by atoms with Crippen LogP contribution in [0.1, 0.15) is 24.4 Å². The summed E-state index contributed by atoms with van der Waals surface area (Å²) in [5.41, 5.74) is 6.22. The van der Waals surface area contributed by atoms with Gasteiger partial charge in [-0.15, -0.1) is 25.6 Å². The number of aliphatic hydroxyl groups is 1. The fourth-order valence-corrected chi connectivity index (χ4v) is 2.08. The Hall–Kier alpha value is -1.18. The summed E-state index contributed by atoms with van der Waals surface area (Å²) in [6.07, 6.45) is -3.83. The lowest BCUT2D eigenvalue weighted by atomic mass is 9.98. The third-order valence-corrected chi connectivity index (χ3v) is 3.27. The summed E-state index contributed by atoms with van der Waals surface area (Å²) in [4.78, 5) is 0. The lowest BCUT2D eigenvalue weighted by Crippen LogP contribution is -2.28. The average Bonchev–Trinajstić information content (AvgIpc) is 3.19. The summed E-state index contributed by atoms with van der Waals surface area (Å²) >= 11 is 0. The van der Waals surface area contributed by atoms with Gasteiger partial charge in [0.1, 0.15) is 11.5 Å². The number of hydrogen-bond acceptors (Lipinski definition) is 4. The van der Waals surface area contributed by atoms with Crippen molar-refractivity contribution >= 4 is 12.4 Å². The molecule has 3 N–H and O–H groups in total. The van der Waals surface area contributed by atoms with Crippen LogP contribution < -0.4 is 15.2 Å². The number of alkyl halides is 3. The second-order valence-electron chi connectivity index (χ2n) is 4.81. The fourth-order valence-electron chi connectivity index (χ4n) is 2.08. The number of ether oxygens (including phenoxy) is 2. The second kappa shape index (κ2) is 6.72. The Morgan fingerprint density at radius 3 is 2.43 bits per heavy atom. The predicted octanol–water partition coefficient (Wildman–Crippen LogP) is 2.79. The molecule has 0 aliphatic heterocycles. The first-order chi connectivity index (χ1) is 9.31. The molecule has 2 atom stereocenters. The van der Waals surface area contributed by atoms with E-state index in [4.69, 9.17) is 10.5 Å². The zero-order valence-corrected chi connectivity index (χ0v) is 12.1. The van der Waals surface area contributed by atoms with E-state index >= 15 is 0 Å². The molecule has 0 unspecified atom stereocenters. The van der Waals surface area contributed by atoms with E-state index < -0.39 is 18.5 Å². The lowest BCUT2D eigenvalue weighted by molar-refractivity contribution is -0.274. The molecular weight excluding hydrogens is 311 g/mol. The summed E-state index contributed by atoms with van der Waals surface area (Å²) in [6.45, 7) is 0. The second-order valence-corrected chi connectivity index (χ2v) is 4.81. The first-order valence-corrected chi connectivity index (χ1v) is 6.19. The van der Waals surface area contributed by atoms with Gasteiger partial charge in [-0.2, -0.15) is 0 Å². The van der Waals surface area contributed by atoms with Crippen molar-refractivity contribution in [3.63, 3.8) is 0 Å². The standard InChI is InChI=1S/C13H16F3NO3.ClH/c1-19-10-5-4-8(20-13(14,15)16)6-9(10)11(17)12(18)7-2-3-7;/h4-7,11-12,18H,2-3,17H2,1H3;1H/t11-,12+;/m1./s1. The topological polar surface area (TPSA) is 64.7 Å². The Bertz CT molecular complexity index is 480. The van der Waals surface area contributed by atoms with E-state index in [1.165, 1.54) is 13.2 Å². The van der Waals surface area contributed by atoms with E-state index in [0.717, 1.165) is 25.0 Å². The zero-order valence-electron chi connectivity index (χ0n) is 11.3. The number of methoxy groups -OCH3 is 1. The molecule has 1 saturated carbocycles. The third-order valence-electron chi connectivity index (χ3n) is 3.27. The van der Waals surface area contributed by atoms with Crippen LogP contribution in [0, 0.1) is 5.92 Å². The molecule has 0 spiro atoms. The summed E-state index contributed by atoms with van der Waals surface area (Å²) in [7, 11) is 1.39. The van der Waals surface area contributed by atoms with Gasteiger partial charge in [-0.3, -0.25) is 0 Å². The van der Waals surface area contributed by atoms with Gasteiger partial charge in [-0.1, -0.05) is 0 Å². The minimum absolute atomic E-state index is 0. The van der Waals surface area contributed by atoms with Crippen LogP contribution in [0.15, 0.2) is 18.2 Å². The van der Waals surface area contributed by atoms with Crippen LogP contribution in [-0.4, -0.2) is 24.7 Å². The fraction of sp³-hybridized carbons (Fsp3) is 0.538. The Labute approximate surface area is 126 Å². The van der Waals surface area contributed by atoms with Crippen molar-refractivity contribution in [2.75, 3.05) is 7.11 Å². The Kier molecular flexibility index (Phi) is 5.72. The van der Waals surface area contributed by atoms with E-state index in [1.807, 2.05) is 0 Å². The van der Waals surface area contributed by atoms with Gasteiger partial charge < -0.3 is 20.3 Å². The minimum Gasteiger partial charge on any atom is -0.496 e. The van der Waals surface area contributed by atoms with Crippen molar-refractivity contribution in [2.24, 2.45) is 11.7 Å². The van der Waals surface area contributed by atoms with Crippen LogP contribution >= 0.6 is 12.4 Å². The SMILES string of the molecule is COc1ccc(OC(F)(F)F)cc1[C@@H](N)[C@@H](O)C1CC1.Cl. The van der Waals surface area contributed by atoms with E-state index in [-0.39, 0.29) is 24.1 Å². The monoisotopic (exact) mass is 327 g/mol. The molecule has 120 valence electrons. The Morgan fingerprint density at radius 2 is 1.95 bits per heavy atom. The molecule has 0 amide bonds. The highest BCUT2D eigenvalue weighted by Crippen LogP contribution is 2.40. The maximum atomic E-state index is 12.2. The van der Waals surface area contributed by atoms with Gasteiger partial charge in [0, 0.05) is 5.56 Å². The van der Waals surface area contributed by atoms with Gasteiger partial charge in [0.25, 0.3) is 0 Å². The van der Waals surface area contributed by atoms with Crippen molar-refractivity contribution in [1.29, 1.82) is 0 Å². The first kappa shape index (κ1) is 17.9. The Morgan fingerprint density at radius 1 is 1.33 bits per heavy atom. The molecule has 1 aromatic rings. The van der Waals surface area contributed by atoms with Gasteiger partial charge >= 0.3 is 6.36 Å². The van der Waals surface area contributed by atoms with Crippen LogP contribution in [0.5, 0.6) is 11.5 Å². The number of halogens is 4. The lowest BCUT2D eigenvalue weighted by Gasteiger charge is -2.22. The molecule has 2 rings (SSSR count). The maximum Gasteiger partial charge on any atom is 0.573 e. The summed E-state index contributed by atoms with van der Waals surface area (Å²) in [5.74, 6) is 0.0420. The van der Waals surface area contributed by atoms with Gasteiger partial charge in [-0.05, 0) is 37.0 Å². The molecule has 21 heavy (non-hydrogen) atoms. The van der Waals surface area contributed by atoms with Gasteiger partial charge in [0.05, 0.1) is 19.3 Å². The number of benzene rings is 1. The van der Waals surface area contributed by atoms with E-state index in [1.54, 1.807) is 0 Å². The largest absolute Gasteiger partial charge is 0.573 e. The maximum absolute atomic E-state index is 12.2. The van der Waals surface area contributed by atoms with Crippen LogP contribution in [0.3, 0.4) is 0 Å². The summed E-state index contributed by atoms with van der Waals surface area (Å²) in [6, 6.07) is 2.83. The highest BCUT2D eigenvalue weighted by molar-refractivity contribution is 5.85. The van der Waals surface area contributed by atoms with Crippen molar-refractivity contribution in [2.45, 2.75) is 31.3 Å². The predicted molar refractivity (Wildman–Crippen MR) is 72.6 cm³/mol. The Balaban J connectivity index is 0.00000220. The van der Waals surface area contributed by atoms with E-state index in [9.17, 15) is 18.3 Å². The van der Waals surface area contributed by atoms with Crippen LogP contribution in [-0.2, 0) is 0 Å². The molecule has 8 heteroatoms. The van der Waals surface area contributed by atoms with Gasteiger partial charge in [-0.25, -0.2) is 0 Å².